The Labute approximate surface area is 147 Å². The molecule has 0 fully saturated rings. The van der Waals surface area contributed by atoms with Crippen LogP contribution in [0.15, 0.2) is 78.9 Å². The van der Waals surface area contributed by atoms with Crippen LogP contribution in [0.5, 0.6) is 0 Å². The maximum atomic E-state index is 5.80. The Hall–Kier alpha value is -3.33. The Morgan fingerprint density at radius 2 is 1.52 bits per heavy atom. The Kier molecular flexibility index (Phi) is 4.05. The minimum atomic E-state index is 0.759. The summed E-state index contributed by atoms with van der Waals surface area (Å²) in [6.07, 6.45) is 4.17. The van der Waals surface area contributed by atoms with Gasteiger partial charge in [-0.1, -0.05) is 60.7 Å². The molecule has 25 heavy (non-hydrogen) atoms. The fourth-order valence-electron chi connectivity index (χ4n) is 2.93. The third kappa shape index (κ3) is 3.31. The highest BCUT2D eigenvalue weighted by Crippen LogP contribution is 2.20. The molecule has 3 aromatic carbocycles. The number of aromatic nitrogens is 2. The molecule has 0 spiro atoms. The Balaban J connectivity index is 1.75. The Bertz CT molecular complexity index is 1010. The van der Waals surface area contributed by atoms with Crippen LogP contribution in [-0.2, 0) is 6.54 Å². The number of hydrogen-bond donors (Lipinski definition) is 1. The van der Waals surface area contributed by atoms with Gasteiger partial charge in [-0.25, -0.2) is 4.98 Å². The fourth-order valence-corrected chi connectivity index (χ4v) is 2.93. The molecular weight excluding hydrogens is 306 g/mol. The van der Waals surface area contributed by atoms with E-state index >= 15 is 0 Å². The number of anilines is 1. The summed E-state index contributed by atoms with van der Waals surface area (Å²) in [7, 11) is 0. The normalized spacial score (nSPS) is 11.4. The summed E-state index contributed by atoms with van der Waals surface area (Å²) in [5.74, 6) is 0.946. The molecule has 3 heteroatoms. The molecule has 0 aliphatic rings. The summed E-state index contributed by atoms with van der Waals surface area (Å²) in [6, 6.07) is 26.5. The van der Waals surface area contributed by atoms with Crippen LogP contribution in [0, 0.1) is 0 Å². The molecule has 0 amide bonds. The van der Waals surface area contributed by atoms with E-state index < -0.39 is 0 Å². The van der Waals surface area contributed by atoms with E-state index in [0.717, 1.165) is 34.7 Å². The minimum absolute atomic E-state index is 0.759. The molecule has 1 aromatic heterocycles. The zero-order valence-corrected chi connectivity index (χ0v) is 13.8. The van der Waals surface area contributed by atoms with Crippen molar-refractivity contribution in [2.75, 3.05) is 5.73 Å². The molecule has 0 saturated carbocycles. The van der Waals surface area contributed by atoms with Crippen LogP contribution in [0.4, 0.5) is 5.69 Å². The summed E-state index contributed by atoms with van der Waals surface area (Å²) in [6.45, 7) is 0.759. The van der Waals surface area contributed by atoms with Crippen molar-refractivity contribution in [3.63, 3.8) is 0 Å². The summed E-state index contributed by atoms with van der Waals surface area (Å²) < 4.78 is 2.24. The summed E-state index contributed by atoms with van der Waals surface area (Å²) in [4.78, 5) is 4.79. The average molecular weight is 325 g/mol. The van der Waals surface area contributed by atoms with Crippen molar-refractivity contribution in [2.24, 2.45) is 0 Å². The first-order valence-electron chi connectivity index (χ1n) is 8.32. The van der Waals surface area contributed by atoms with Gasteiger partial charge < -0.3 is 10.3 Å². The second-order valence-corrected chi connectivity index (χ2v) is 6.03. The lowest BCUT2D eigenvalue weighted by molar-refractivity contribution is 0.814. The molecule has 4 aromatic rings. The quantitative estimate of drug-likeness (QED) is 0.546. The number of nitrogen functional groups attached to an aromatic ring is 1. The predicted octanol–water partition coefficient (Wildman–Crippen LogP) is 4.84. The third-order valence-corrected chi connectivity index (χ3v) is 4.23. The van der Waals surface area contributed by atoms with Gasteiger partial charge in [-0.2, -0.15) is 0 Å². The van der Waals surface area contributed by atoms with E-state index in [1.165, 1.54) is 5.56 Å². The lowest BCUT2D eigenvalue weighted by Crippen LogP contribution is -2.02. The maximum Gasteiger partial charge on any atom is 0.134 e. The smallest absolute Gasteiger partial charge is 0.134 e. The molecule has 0 atom stereocenters. The predicted molar refractivity (Wildman–Crippen MR) is 105 cm³/mol. The van der Waals surface area contributed by atoms with Crippen LogP contribution in [0.25, 0.3) is 23.2 Å². The molecule has 1 heterocycles. The molecule has 0 aliphatic carbocycles. The van der Waals surface area contributed by atoms with Gasteiger partial charge in [0, 0.05) is 12.2 Å². The van der Waals surface area contributed by atoms with Crippen LogP contribution < -0.4 is 5.73 Å². The van der Waals surface area contributed by atoms with Crippen molar-refractivity contribution in [3.8, 4) is 0 Å². The van der Waals surface area contributed by atoms with Gasteiger partial charge in [0.2, 0.25) is 0 Å². The second kappa shape index (κ2) is 6.65. The van der Waals surface area contributed by atoms with Crippen LogP contribution in [0.2, 0.25) is 0 Å². The number of imidazole rings is 1. The first-order chi connectivity index (χ1) is 12.3. The first-order valence-corrected chi connectivity index (χ1v) is 8.32. The zero-order valence-electron chi connectivity index (χ0n) is 13.8. The van der Waals surface area contributed by atoms with Crippen LogP contribution in [0.3, 0.4) is 0 Å². The van der Waals surface area contributed by atoms with Gasteiger partial charge in [0.15, 0.2) is 0 Å². The molecule has 0 aliphatic heterocycles. The lowest BCUT2D eigenvalue weighted by Gasteiger charge is -2.08. The van der Waals surface area contributed by atoms with E-state index in [2.05, 4.69) is 53.1 Å². The van der Waals surface area contributed by atoms with Gasteiger partial charge in [-0.15, -0.1) is 0 Å². The fraction of sp³-hybridized carbons (Fsp3) is 0.0455. The number of nitrogens with two attached hydrogens (primary N) is 1. The highest BCUT2D eigenvalue weighted by Gasteiger charge is 2.08. The maximum absolute atomic E-state index is 5.80. The lowest BCUT2D eigenvalue weighted by atomic mass is 10.2. The molecule has 0 saturated heterocycles. The largest absolute Gasteiger partial charge is 0.399 e. The van der Waals surface area contributed by atoms with Crippen LogP contribution in [0.1, 0.15) is 17.0 Å². The molecule has 0 radical (unpaired) electrons. The van der Waals surface area contributed by atoms with Crippen molar-refractivity contribution < 1.29 is 0 Å². The monoisotopic (exact) mass is 325 g/mol. The van der Waals surface area contributed by atoms with E-state index in [1.807, 2.05) is 42.5 Å². The number of benzene rings is 3. The van der Waals surface area contributed by atoms with Crippen molar-refractivity contribution in [3.05, 3.63) is 95.8 Å². The highest BCUT2D eigenvalue weighted by molar-refractivity contribution is 5.80. The number of rotatable bonds is 4. The van der Waals surface area contributed by atoms with Crippen molar-refractivity contribution in [2.45, 2.75) is 6.54 Å². The topological polar surface area (TPSA) is 43.8 Å². The van der Waals surface area contributed by atoms with Gasteiger partial charge >= 0.3 is 0 Å². The molecule has 0 bridgehead atoms. The molecule has 122 valence electrons. The van der Waals surface area contributed by atoms with E-state index in [0.29, 0.717) is 0 Å². The molecule has 2 N–H and O–H groups in total. The van der Waals surface area contributed by atoms with Gasteiger partial charge in [0.05, 0.1) is 11.0 Å². The average Bonchev–Trinajstić information content (AvgIpc) is 3.00. The highest BCUT2D eigenvalue weighted by atomic mass is 15.1. The number of nitrogens with zero attached hydrogens (tertiary/aromatic N) is 2. The second-order valence-electron chi connectivity index (χ2n) is 6.03. The number of hydrogen-bond acceptors (Lipinski definition) is 2. The molecule has 3 nitrogen and oxygen atoms in total. The van der Waals surface area contributed by atoms with E-state index in [-0.39, 0.29) is 0 Å². The first kappa shape index (κ1) is 15.2. The minimum Gasteiger partial charge on any atom is -0.399 e. The standard InChI is InChI=1S/C22H19N3/c23-19-13-10-18(11-14-19)16-25-21-9-5-4-8-20(21)24-22(25)15-12-17-6-2-1-3-7-17/h1-15H,16,23H2/b15-12+. The van der Waals surface area contributed by atoms with E-state index in [4.69, 9.17) is 10.7 Å². The number of fused-ring (bicyclic) bond motifs is 1. The molecule has 4 rings (SSSR count). The molecular formula is C22H19N3. The van der Waals surface area contributed by atoms with Gasteiger partial charge in [0.1, 0.15) is 5.82 Å². The zero-order chi connectivity index (χ0) is 17.1. The Morgan fingerprint density at radius 3 is 2.32 bits per heavy atom. The third-order valence-electron chi connectivity index (χ3n) is 4.23. The summed E-state index contributed by atoms with van der Waals surface area (Å²) >= 11 is 0. The van der Waals surface area contributed by atoms with Crippen molar-refractivity contribution in [1.29, 1.82) is 0 Å². The van der Waals surface area contributed by atoms with E-state index in [9.17, 15) is 0 Å². The summed E-state index contributed by atoms with van der Waals surface area (Å²) in [5, 5.41) is 0. The van der Waals surface area contributed by atoms with Crippen LogP contribution >= 0.6 is 0 Å². The number of para-hydroxylation sites is 2. The summed E-state index contributed by atoms with van der Waals surface area (Å²) in [5.41, 5.74) is 11.1. The van der Waals surface area contributed by atoms with Crippen molar-refractivity contribution in [1.82, 2.24) is 9.55 Å². The molecule has 0 unspecified atom stereocenters. The Morgan fingerprint density at radius 1 is 0.800 bits per heavy atom. The van der Waals surface area contributed by atoms with Gasteiger partial charge in [0.25, 0.3) is 0 Å². The van der Waals surface area contributed by atoms with E-state index in [1.54, 1.807) is 0 Å². The van der Waals surface area contributed by atoms with Crippen LogP contribution in [-0.4, -0.2) is 9.55 Å². The van der Waals surface area contributed by atoms with Crippen molar-refractivity contribution >= 4 is 28.9 Å². The van der Waals surface area contributed by atoms with Gasteiger partial charge in [-0.05, 0) is 41.5 Å². The SMILES string of the molecule is Nc1ccc(Cn2c(/C=C/c3ccccc3)nc3ccccc32)cc1. The van der Waals surface area contributed by atoms with Gasteiger partial charge in [-0.3, -0.25) is 0 Å².